The van der Waals surface area contributed by atoms with Crippen molar-refractivity contribution in [1.29, 1.82) is 0 Å². The fraction of sp³-hybridized carbons (Fsp3) is 0.893. The van der Waals surface area contributed by atoms with Crippen LogP contribution in [-0.4, -0.2) is 71.4 Å². The number of amides is 1. The van der Waals surface area contributed by atoms with Gasteiger partial charge in [0.2, 0.25) is 5.91 Å². The van der Waals surface area contributed by atoms with Crippen LogP contribution in [0.25, 0.3) is 0 Å². The molecule has 0 fully saturated rings. The third kappa shape index (κ3) is 31.0. The van der Waals surface area contributed by atoms with Crippen LogP contribution >= 0.6 is 0 Å². The number of unbranched alkanes of at least 4 members (excludes halogenated alkanes) is 11. The molecule has 0 aromatic heterocycles. The molecule has 0 radical (unpaired) electrons. The average Bonchev–Trinajstić information content (AvgIpc) is 2.86. The quantitative estimate of drug-likeness (QED) is 0.0700. The zero-order valence-corrected chi connectivity index (χ0v) is 23.1. The summed E-state index contributed by atoms with van der Waals surface area (Å²) in [4.78, 5) is 11.9. The third-order valence-electron chi connectivity index (χ3n) is 6.05. The Hall–Kier alpha value is -0.990. The molecule has 0 rings (SSSR count). The molecule has 7 N–H and O–H groups in total. The van der Waals surface area contributed by atoms with Crippen LogP contribution in [0.15, 0.2) is 12.2 Å². The molecule has 35 heavy (non-hydrogen) atoms. The van der Waals surface area contributed by atoms with E-state index in [1.807, 2.05) is 0 Å². The summed E-state index contributed by atoms with van der Waals surface area (Å²) in [7, 11) is 0. The summed E-state index contributed by atoms with van der Waals surface area (Å²) >= 11 is 0. The highest BCUT2D eigenvalue weighted by Gasteiger charge is 2.00. The van der Waals surface area contributed by atoms with Crippen LogP contribution in [0.1, 0.15) is 96.8 Å². The highest BCUT2D eigenvalue weighted by molar-refractivity contribution is 5.75. The van der Waals surface area contributed by atoms with E-state index in [4.69, 9.17) is 5.73 Å². The van der Waals surface area contributed by atoms with E-state index < -0.39 is 0 Å². The van der Waals surface area contributed by atoms with E-state index in [9.17, 15) is 4.79 Å². The first-order valence-electron chi connectivity index (χ1n) is 14.8. The highest BCUT2D eigenvalue weighted by Crippen LogP contribution is 2.09. The first-order valence-corrected chi connectivity index (χ1v) is 14.8. The Morgan fingerprint density at radius 2 is 1.00 bits per heavy atom. The molecule has 0 heterocycles. The first kappa shape index (κ1) is 34.0. The maximum absolute atomic E-state index is 11.9. The number of carbonyl (C=O) groups is 1. The minimum absolute atomic E-state index is 0.189. The Bertz CT molecular complexity index is 447. The van der Waals surface area contributed by atoms with Gasteiger partial charge in [-0.2, -0.15) is 0 Å². The van der Waals surface area contributed by atoms with Crippen molar-refractivity contribution in [2.24, 2.45) is 5.73 Å². The largest absolute Gasteiger partial charge is 0.355 e. The lowest BCUT2D eigenvalue weighted by molar-refractivity contribution is -0.121. The van der Waals surface area contributed by atoms with Crippen molar-refractivity contribution in [1.82, 2.24) is 26.6 Å². The predicted molar refractivity (Wildman–Crippen MR) is 153 cm³/mol. The maximum atomic E-state index is 11.9. The van der Waals surface area contributed by atoms with Crippen LogP contribution in [0.5, 0.6) is 0 Å². The topological polar surface area (TPSA) is 103 Å². The number of hydrogen-bond acceptors (Lipinski definition) is 6. The smallest absolute Gasteiger partial charge is 0.220 e. The maximum Gasteiger partial charge on any atom is 0.220 e. The van der Waals surface area contributed by atoms with E-state index in [1.54, 1.807) is 0 Å². The Balaban J connectivity index is 3.19. The van der Waals surface area contributed by atoms with Gasteiger partial charge in [-0.1, -0.05) is 70.4 Å². The molecule has 0 saturated carbocycles. The SMILES string of the molecule is CCCCCCCCC=CCCCCCCCC(=O)NCCNCCNCCNCCNCCN. The predicted octanol–water partition coefficient (Wildman–Crippen LogP) is 3.46. The summed E-state index contributed by atoms with van der Waals surface area (Å²) in [6.45, 7) is 11.1. The summed E-state index contributed by atoms with van der Waals surface area (Å²) in [5.74, 6) is 0.189. The van der Waals surface area contributed by atoms with Crippen LogP contribution in [0.3, 0.4) is 0 Å². The zero-order valence-electron chi connectivity index (χ0n) is 23.1. The molecular formula is C28H60N6O. The van der Waals surface area contributed by atoms with E-state index in [2.05, 4.69) is 45.7 Å². The van der Waals surface area contributed by atoms with Gasteiger partial charge in [0, 0.05) is 71.9 Å². The van der Waals surface area contributed by atoms with Gasteiger partial charge in [0.1, 0.15) is 0 Å². The fourth-order valence-electron chi connectivity index (χ4n) is 3.87. The molecule has 0 unspecified atom stereocenters. The molecule has 0 aliphatic heterocycles. The van der Waals surface area contributed by atoms with E-state index in [0.717, 1.165) is 65.2 Å². The number of nitrogens with one attached hydrogen (secondary N) is 5. The molecule has 0 spiro atoms. The number of carbonyl (C=O) groups excluding carboxylic acids is 1. The van der Waals surface area contributed by atoms with Crippen molar-refractivity contribution in [3.63, 3.8) is 0 Å². The second kappa shape index (κ2) is 31.0. The second-order valence-corrected chi connectivity index (χ2v) is 9.47. The zero-order chi connectivity index (χ0) is 25.5. The Kier molecular flexibility index (Phi) is 30.2. The number of allylic oxidation sites excluding steroid dienone is 2. The number of nitrogens with two attached hydrogens (primary N) is 1. The molecule has 0 aliphatic rings. The average molecular weight is 497 g/mol. The molecule has 7 nitrogen and oxygen atoms in total. The van der Waals surface area contributed by atoms with Crippen molar-refractivity contribution >= 4 is 5.91 Å². The number of rotatable bonds is 29. The summed E-state index contributed by atoms with van der Waals surface area (Å²) in [6, 6.07) is 0. The van der Waals surface area contributed by atoms with Crippen LogP contribution in [0.2, 0.25) is 0 Å². The summed E-state index contributed by atoms with van der Waals surface area (Å²) in [5, 5.41) is 16.4. The van der Waals surface area contributed by atoms with Crippen LogP contribution in [0, 0.1) is 0 Å². The van der Waals surface area contributed by atoms with Gasteiger partial charge in [0.25, 0.3) is 0 Å². The van der Waals surface area contributed by atoms with Crippen molar-refractivity contribution in [2.45, 2.75) is 96.8 Å². The molecule has 0 aromatic carbocycles. The van der Waals surface area contributed by atoms with Gasteiger partial charge in [-0.25, -0.2) is 0 Å². The van der Waals surface area contributed by atoms with Gasteiger partial charge < -0.3 is 32.3 Å². The van der Waals surface area contributed by atoms with Crippen molar-refractivity contribution in [3.05, 3.63) is 12.2 Å². The van der Waals surface area contributed by atoms with Crippen LogP contribution in [-0.2, 0) is 4.79 Å². The van der Waals surface area contributed by atoms with Gasteiger partial charge in [0.05, 0.1) is 0 Å². The van der Waals surface area contributed by atoms with E-state index in [1.165, 1.54) is 70.6 Å². The van der Waals surface area contributed by atoms with Gasteiger partial charge >= 0.3 is 0 Å². The molecule has 0 aliphatic carbocycles. The molecular weight excluding hydrogens is 436 g/mol. The van der Waals surface area contributed by atoms with E-state index in [-0.39, 0.29) is 5.91 Å². The third-order valence-corrected chi connectivity index (χ3v) is 6.05. The van der Waals surface area contributed by atoms with Crippen molar-refractivity contribution in [3.8, 4) is 0 Å². The lowest BCUT2D eigenvalue weighted by Gasteiger charge is -2.09. The molecule has 208 valence electrons. The molecule has 0 saturated heterocycles. The summed E-state index contributed by atoms with van der Waals surface area (Å²) < 4.78 is 0. The van der Waals surface area contributed by atoms with Gasteiger partial charge in [-0.15, -0.1) is 0 Å². The van der Waals surface area contributed by atoms with Crippen LogP contribution < -0.4 is 32.3 Å². The van der Waals surface area contributed by atoms with Crippen LogP contribution in [0.4, 0.5) is 0 Å². The standard InChI is InChI=1S/C28H60N6O/c1-2-3-4-5-6-7-8-9-10-11-12-13-14-15-16-17-28(35)34-27-26-33-25-24-32-23-22-31-21-20-30-19-18-29/h9-10,30-33H,2-8,11-27,29H2,1H3,(H,34,35). The van der Waals surface area contributed by atoms with Crippen molar-refractivity contribution in [2.75, 3.05) is 65.4 Å². The lowest BCUT2D eigenvalue weighted by atomic mass is 10.1. The molecule has 7 heteroatoms. The Morgan fingerprint density at radius 1 is 0.571 bits per heavy atom. The van der Waals surface area contributed by atoms with Gasteiger partial charge in [-0.05, 0) is 32.1 Å². The van der Waals surface area contributed by atoms with Gasteiger partial charge in [0.15, 0.2) is 0 Å². The minimum Gasteiger partial charge on any atom is -0.355 e. The first-order chi connectivity index (χ1) is 17.3. The minimum atomic E-state index is 0.189. The monoisotopic (exact) mass is 496 g/mol. The Labute approximate surface area is 217 Å². The molecule has 1 amide bonds. The summed E-state index contributed by atoms with van der Waals surface area (Å²) in [6.07, 6.45) is 22.1. The number of hydrogen-bond donors (Lipinski definition) is 6. The van der Waals surface area contributed by atoms with E-state index >= 15 is 0 Å². The summed E-state index contributed by atoms with van der Waals surface area (Å²) in [5.41, 5.74) is 5.43. The molecule has 0 atom stereocenters. The molecule has 0 aromatic rings. The fourth-order valence-corrected chi connectivity index (χ4v) is 3.87. The van der Waals surface area contributed by atoms with E-state index in [0.29, 0.717) is 19.5 Å². The van der Waals surface area contributed by atoms with Gasteiger partial charge in [-0.3, -0.25) is 4.79 Å². The van der Waals surface area contributed by atoms with Crippen molar-refractivity contribution < 1.29 is 4.79 Å². The molecule has 0 bridgehead atoms. The Morgan fingerprint density at radius 3 is 1.51 bits per heavy atom. The second-order valence-electron chi connectivity index (χ2n) is 9.47. The normalized spacial score (nSPS) is 11.5. The lowest BCUT2D eigenvalue weighted by Crippen LogP contribution is -2.37. The highest BCUT2D eigenvalue weighted by atomic mass is 16.1.